The van der Waals surface area contributed by atoms with Crippen LogP contribution in [-0.2, 0) is 11.2 Å². The zero-order valence-corrected chi connectivity index (χ0v) is 13.0. The highest BCUT2D eigenvalue weighted by molar-refractivity contribution is 5.75. The minimum Gasteiger partial charge on any atom is -0.355 e. The van der Waals surface area contributed by atoms with E-state index in [4.69, 9.17) is 0 Å². The van der Waals surface area contributed by atoms with Crippen molar-refractivity contribution in [1.82, 2.24) is 10.6 Å². The molecule has 112 valence electrons. The molecular weight excluding hydrogens is 248 g/mol. The largest absolute Gasteiger partial charge is 0.355 e. The summed E-state index contributed by atoms with van der Waals surface area (Å²) in [5, 5.41) is 6.25. The third-order valence-electron chi connectivity index (χ3n) is 3.40. The highest BCUT2D eigenvalue weighted by atomic mass is 16.1. The topological polar surface area (TPSA) is 41.1 Å². The van der Waals surface area contributed by atoms with Crippen LogP contribution in [0.3, 0.4) is 0 Å². The van der Waals surface area contributed by atoms with E-state index in [1.54, 1.807) is 0 Å². The molecule has 0 bridgehead atoms. The van der Waals surface area contributed by atoms with Gasteiger partial charge in [-0.2, -0.15) is 0 Å². The van der Waals surface area contributed by atoms with Crippen LogP contribution in [0.2, 0.25) is 0 Å². The molecule has 0 aliphatic heterocycles. The molecule has 0 aliphatic carbocycles. The van der Waals surface area contributed by atoms with Crippen molar-refractivity contribution < 1.29 is 4.79 Å². The van der Waals surface area contributed by atoms with Crippen molar-refractivity contribution in [3.05, 3.63) is 35.4 Å². The van der Waals surface area contributed by atoms with E-state index in [9.17, 15) is 4.79 Å². The third-order valence-corrected chi connectivity index (χ3v) is 3.40. The molecule has 3 heteroatoms. The average Bonchev–Trinajstić information content (AvgIpc) is 2.43. The number of carbonyl (C=O) groups excluding carboxylic acids is 1. The summed E-state index contributed by atoms with van der Waals surface area (Å²) < 4.78 is 0. The van der Waals surface area contributed by atoms with E-state index in [1.807, 2.05) is 0 Å². The van der Waals surface area contributed by atoms with Crippen LogP contribution < -0.4 is 10.6 Å². The second-order valence-corrected chi connectivity index (χ2v) is 5.46. The summed E-state index contributed by atoms with van der Waals surface area (Å²) >= 11 is 0. The van der Waals surface area contributed by atoms with Crippen molar-refractivity contribution in [2.75, 3.05) is 13.1 Å². The van der Waals surface area contributed by atoms with Crippen LogP contribution in [0.4, 0.5) is 0 Å². The molecule has 0 aromatic heterocycles. The lowest BCUT2D eigenvalue weighted by Crippen LogP contribution is -2.38. The van der Waals surface area contributed by atoms with Crippen molar-refractivity contribution in [3.63, 3.8) is 0 Å². The summed E-state index contributed by atoms with van der Waals surface area (Å²) in [6, 6.07) is 8.98. The summed E-state index contributed by atoms with van der Waals surface area (Å²) in [6.45, 7) is 7.91. The van der Waals surface area contributed by atoms with E-state index in [0.29, 0.717) is 19.0 Å². The molecular formula is C17H28N2O. The van der Waals surface area contributed by atoms with Crippen LogP contribution in [0.1, 0.15) is 44.2 Å². The molecule has 3 nitrogen and oxygen atoms in total. The quantitative estimate of drug-likeness (QED) is 0.681. The molecule has 1 aromatic carbocycles. The Balaban J connectivity index is 2.08. The molecule has 1 aromatic rings. The predicted molar refractivity (Wildman–Crippen MR) is 84.9 cm³/mol. The lowest BCUT2D eigenvalue weighted by atomic mass is 10.1. The smallest absolute Gasteiger partial charge is 0.220 e. The minimum atomic E-state index is 0.165. The number of amides is 1. The van der Waals surface area contributed by atoms with E-state index in [2.05, 4.69) is 55.7 Å². The van der Waals surface area contributed by atoms with Gasteiger partial charge >= 0.3 is 0 Å². The molecule has 0 saturated carbocycles. The normalized spacial score (nSPS) is 12.2. The van der Waals surface area contributed by atoms with Gasteiger partial charge in [0.05, 0.1) is 0 Å². The van der Waals surface area contributed by atoms with Gasteiger partial charge < -0.3 is 10.6 Å². The first-order valence-electron chi connectivity index (χ1n) is 7.67. The fourth-order valence-electron chi connectivity index (χ4n) is 2.15. The summed E-state index contributed by atoms with van der Waals surface area (Å²) in [5.41, 5.74) is 2.65. The van der Waals surface area contributed by atoms with Gasteiger partial charge in [-0.3, -0.25) is 4.79 Å². The van der Waals surface area contributed by atoms with Gasteiger partial charge in [-0.25, -0.2) is 0 Å². The second-order valence-electron chi connectivity index (χ2n) is 5.46. The fourth-order valence-corrected chi connectivity index (χ4v) is 2.15. The van der Waals surface area contributed by atoms with Gasteiger partial charge in [0.25, 0.3) is 0 Å². The Morgan fingerprint density at radius 3 is 2.55 bits per heavy atom. The first kappa shape index (κ1) is 16.7. The molecule has 0 spiro atoms. The standard InChI is InChI=1S/C17H28N2O/c1-4-18-15(3)13-19-17(20)8-6-5-7-16-11-9-14(2)10-12-16/h9-12,15,18H,4-8,13H2,1-3H3,(H,19,20)/t15-/m1/s1. The highest BCUT2D eigenvalue weighted by Gasteiger charge is 2.04. The fraction of sp³-hybridized carbons (Fsp3) is 0.588. The maximum Gasteiger partial charge on any atom is 0.220 e. The van der Waals surface area contributed by atoms with Crippen LogP contribution >= 0.6 is 0 Å². The van der Waals surface area contributed by atoms with Gasteiger partial charge in [0.1, 0.15) is 0 Å². The van der Waals surface area contributed by atoms with Gasteiger partial charge in [0.15, 0.2) is 0 Å². The van der Waals surface area contributed by atoms with Crippen molar-refractivity contribution in [2.45, 2.75) is 52.5 Å². The van der Waals surface area contributed by atoms with Crippen molar-refractivity contribution >= 4 is 5.91 Å². The minimum absolute atomic E-state index is 0.165. The molecule has 0 radical (unpaired) electrons. The molecule has 1 atom stereocenters. The van der Waals surface area contributed by atoms with Crippen molar-refractivity contribution in [3.8, 4) is 0 Å². The zero-order valence-electron chi connectivity index (χ0n) is 13.0. The predicted octanol–water partition coefficient (Wildman–Crippen LogP) is 2.82. The number of nitrogens with one attached hydrogen (secondary N) is 2. The van der Waals surface area contributed by atoms with Gasteiger partial charge in [0, 0.05) is 19.0 Å². The molecule has 1 amide bonds. The second kappa shape index (κ2) is 9.54. The van der Waals surface area contributed by atoms with Crippen molar-refractivity contribution in [2.24, 2.45) is 0 Å². The monoisotopic (exact) mass is 276 g/mol. The Labute approximate surface area is 123 Å². The lowest BCUT2D eigenvalue weighted by Gasteiger charge is -2.13. The molecule has 0 heterocycles. The Hall–Kier alpha value is -1.35. The van der Waals surface area contributed by atoms with E-state index >= 15 is 0 Å². The lowest BCUT2D eigenvalue weighted by molar-refractivity contribution is -0.121. The summed E-state index contributed by atoms with van der Waals surface area (Å²) in [4.78, 5) is 11.7. The van der Waals surface area contributed by atoms with Gasteiger partial charge in [-0.05, 0) is 45.2 Å². The number of hydrogen-bond acceptors (Lipinski definition) is 2. The third kappa shape index (κ3) is 7.29. The maximum atomic E-state index is 11.7. The van der Waals surface area contributed by atoms with Crippen LogP contribution in [0.25, 0.3) is 0 Å². The number of carbonyl (C=O) groups is 1. The maximum absolute atomic E-state index is 11.7. The molecule has 0 unspecified atom stereocenters. The Bertz CT molecular complexity index is 386. The van der Waals surface area contributed by atoms with Crippen molar-refractivity contribution in [1.29, 1.82) is 0 Å². The molecule has 0 fully saturated rings. The van der Waals surface area contributed by atoms with Crippen LogP contribution in [0.5, 0.6) is 0 Å². The molecule has 2 N–H and O–H groups in total. The van der Waals surface area contributed by atoms with E-state index < -0.39 is 0 Å². The molecule has 0 aliphatic rings. The van der Waals surface area contributed by atoms with E-state index in [-0.39, 0.29) is 5.91 Å². The summed E-state index contributed by atoms with van der Waals surface area (Å²) in [5.74, 6) is 0.165. The highest BCUT2D eigenvalue weighted by Crippen LogP contribution is 2.08. The first-order valence-corrected chi connectivity index (χ1v) is 7.67. The Kier molecular flexibility index (Phi) is 7.97. The Morgan fingerprint density at radius 1 is 1.20 bits per heavy atom. The zero-order chi connectivity index (χ0) is 14.8. The molecule has 1 rings (SSSR count). The molecule has 0 saturated heterocycles. The summed E-state index contributed by atoms with van der Waals surface area (Å²) in [7, 11) is 0. The van der Waals surface area contributed by atoms with Crippen LogP contribution in [0.15, 0.2) is 24.3 Å². The number of benzene rings is 1. The van der Waals surface area contributed by atoms with Gasteiger partial charge in [-0.15, -0.1) is 0 Å². The summed E-state index contributed by atoms with van der Waals surface area (Å²) in [6.07, 6.45) is 3.71. The van der Waals surface area contributed by atoms with E-state index in [0.717, 1.165) is 25.8 Å². The SMILES string of the molecule is CCN[C@H](C)CNC(=O)CCCCc1ccc(C)cc1. The number of hydrogen-bond donors (Lipinski definition) is 2. The van der Waals surface area contributed by atoms with E-state index in [1.165, 1.54) is 11.1 Å². The first-order chi connectivity index (χ1) is 9.61. The van der Waals surface area contributed by atoms with Gasteiger partial charge in [0.2, 0.25) is 5.91 Å². The number of aryl methyl sites for hydroxylation is 2. The molecule has 20 heavy (non-hydrogen) atoms. The Morgan fingerprint density at radius 2 is 1.90 bits per heavy atom. The van der Waals surface area contributed by atoms with Gasteiger partial charge in [-0.1, -0.05) is 36.8 Å². The number of unbranched alkanes of at least 4 members (excludes halogenated alkanes) is 1. The van der Waals surface area contributed by atoms with Crippen LogP contribution in [0, 0.1) is 6.92 Å². The van der Waals surface area contributed by atoms with Crippen LogP contribution in [-0.4, -0.2) is 25.0 Å². The average molecular weight is 276 g/mol. The number of rotatable bonds is 9. The number of likely N-dealkylation sites (N-methyl/N-ethyl adjacent to an activating group) is 1.